The van der Waals surface area contributed by atoms with Gasteiger partial charge in [0.1, 0.15) is 10.8 Å². The van der Waals surface area contributed by atoms with Crippen LogP contribution in [0.25, 0.3) is 0 Å². The van der Waals surface area contributed by atoms with E-state index in [1.165, 1.54) is 18.2 Å². The molecule has 0 bridgehead atoms. The number of carbonyl (C=O) groups excluding carboxylic acids is 1. The molecular weight excluding hydrogens is 347 g/mol. The van der Waals surface area contributed by atoms with Crippen molar-refractivity contribution in [2.75, 3.05) is 0 Å². The summed E-state index contributed by atoms with van der Waals surface area (Å²) in [5, 5.41) is -0.0460. The van der Waals surface area contributed by atoms with Gasteiger partial charge in [0.15, 0.2) is 5.75 Å². The third-order valence-corrected chi connectivity index (χ3v) is 3.43. The first-order chi connectivity index (χ1) is 10.2. The minimum Gasteiger partial charge on any atom is -0.421 e. The summed E-state index contributed by atoms with van der Waals surface area (Å²) in [6, 6.07) is 5.73. The van der Waals surface area contributed by atoms with E-state index in [0.29, 0.717) is 6.07 Å². The van der Waals surface area contributed by atoms with E-state index in [9.17, 15) is 22.4 Å². The van der Waals surface area contributed by atoms with Gasteiger partial charge >= 0.3 is 12.1 Å². The number of benzene rings is 2. The van der Waals surface area contributed by atoms with Crippen LogP contribution in [0.5, 0.6) is 5.75 Å². The van der Waals surface area contributed by atoms with Gasteiger partial charge in [-0.25, -0.2) is 9.18 Å². The molecule has 0 N–H and O–H groups in total. The van der Waals surface area contributed by atoms with Crippen LogP contribution in [-0.2, 0) is 6.18 Å². The van der Waals surface area contributed by atoms with Gasteiger partial charge in [-0.15, -0.1) is 0 Å². The second-order valence-electron chi connectivity index (χ2n) is 4.13. The van der Waals surface area contributed by atoms with Crippen molar-refractivity contribution in [3.8, 4) is 5.75 Å². The predicted molar refractivity (Wildman–Crippen MR) is 72.8 cm³/mol. The fourth-order valence-electron chi connectivity index (χ4n) is 1.65. The Labute approximate surface area is 132 Å². The van der Waals surface area contributed by atoms with E-state index in [-0.39, 0.29) is 21.9 Å². The van der Waals surface area contributed by atoms with Gasteiger partial charge in [0.05, 0.1) is 16.1 Å². The molecule has 0 saturated carbocycles. The monoisotopic (exact) mass is 352 g/mol. The van der Waals surface area contributed by atoms with Gasteiger partial charge in [-0.05, 0) is 30.3 Å². The molecule has 0 amide bonds. The van der Waals surface area contributed by atoms with Crippen molar-refractivity contribution in [1.82, 2.24) is 0 Å². The largest absolute Gasteiger partial charge is 0.421 e. The molecule has 0 aliphatic carbocycles. The van der Waals surface area contributed by atoms with Crippen LogP contribution in [0.15, 0.2) is 36.4 Å². The smallest absolute Gasteiger partial charge is 0.417 e. The molecule has 0 saturated heterocycles. The second kappa shape index (κ2) is 6.14. The van der Waals surface area contributed by atoms with E-state index in [4.69, 9.17) is 27.9 Å². The Balaban J connectivity index is 2.40. The summed E-state index contributed by atoms with van der Waals surface area (Å²) >= 11 is 11.5. The van der Waals surface area contributed by atoms with Gasteiger partial charge in [-0.2, -0.15) is 13.2 Å². The highest BCUT2D eigenvalue weighted by Gasteiger charge is 2.36. The number of hydrogen-bond donors (Lipinski definition) is 0. The first-order valence-electron chi connectivity index (χ1n) is 5.73. The van der Waals surface area contributed by atoms with Crippen molar-refractivity contribution in [3.05, 3.63) is 63.4 Å². The lowest BCUT2D eigenvalue weighted by Gasteiger charge is -2.13. The average molecular weight is 353 g/mol. The van der Waals surface area contributed by atoms with Crippen LogP contribution < -0.4 is 4.74 Å². The first-order valence-corrected chi connectivity index (χ1v) is 6.48. The summed E-state index contributed by atoms with van der Waals surface area (Å²) in [5.41, 5.74) is -2.26. The standard InChI is InChI=1S/C14H6Cl2F4O2/c15-10-2-1-3-11(12(10)16)22-13(21)8-5-4-7(17)6-9(8)14(18,19)20/h1-6H. The maximum Gasteiger partial charge on any atom is 0.417 e. The van der Waals surface area contributed by atoms with Gasteiger partial charge < -0.3 is 4.74 Å². The van der Waals surface area contributed by atoms with E-state index in [1.807, 2.05) is 0 Å². The molecule has 0 heterocycles. The minimum atomic E-state index is -4.91. The number of carbonyl (C=O) groups is 1. The highest BCUT2D eigenvalue weighted by molar-refractivity contribution is 6.43. The van der Waals surface area contributed by atoms with Crippen molar-refractivity contribution in [2.45, 2.75) is 6.18 Å². The molecule has 2 rings (SSSR count). The maximum atomic E-state index is 13.0. The number of ether oxygens (including phenoxy) is 1. The number of rotatable bonds is 2. The molecule has 0 spiro atoms. The molecule has 0 atom stereocenters. The molecule has 2 aromatic rings. The quantitative estimate of drug-likeness (QED) is 0.412. The van der Waals surface area contributed by atoms with Crippen LogP contribution in [0.3, 0.4) is 0 Å². The van der Waals surface area contributed by atoms with Crippen LogP contribution in [0.2, 0.25) is 10.0 Å². The molecule has 0 aliphatic rings. The Hall–Kier alpha value is -1.79. The lowest BCUT2D eigenvalue weighted by Crippen LogP contribution is -2.17. The molecule has 2 nitrogen and oxygen atoms in total. The van der Waals surface area contributed by atoms with E-state index in [1.54, 1.807) is 0 Å². The maximum absolute atomic E-state index is 13.0. The molecule has 0 radical (unpaired) electrons. The Kier molecular flexibility index (Phi) is 4.63. The zero-order valence-corrected chi connectivity index (χ0v) is 12.1. The van der Waals surface area contributed by atoms with Gasteiger partial charge in [0.25, 0.3) is 0 Å². The van der Waals surface area contributed by atoms with E-state index >= 15 is 0 Å². The predicted octanol–water partition coefficient (Wildman–Crippen LogP) is 5.37. The third-order valence-electron chi connectivity index (χ3n) is 2.63. The molecule has 22 heavy (non-hydrogen) atoms. The number of hydrogen-bond acceptors (Lipinski definition) is 2. The number of esters is 1. The average Bonchev–Trinajstić information content (AvgIpc) is 2.42. The summed E-state index contributed by atoms with van der Waals surface area (Å²) < 4.78 is 56.4. The summed E-state index contributed by atoms with van der Waals surface area (Å²) in [5.74, 6) is -2.64. The van der Waals surface area contributed by atoms with Gasteiger partial charge in [0.2, 0.25) is 0 Å². The second-order valence-corrected chi connectivity index (χ2v) is 4.91. The summed E-state index contributed by atoms with van der Waals surface area (Å²) in [7, 11) is 0. The molecular formula is C14H6Cl2F4O2. The fourth-order valence-corrected chi connectivity index (χ4v) is 1.98. The molecule has 0 fully saturated rings. The Morgan fingerprint density at radius 2 is 1.77 bits per heavy atom. The highest BCUT2D eigenvalue weighted by Crippen LogP contribution is 2.35. The van der Waals surface area contributed by atoms with Crippen LogP contribution in [0.1, 0.15) is 15.9 Å². The zero-order chi connectivity index (χ0) is 16.5. The SMILES string of the molecule is O=C(Oc1cccc(Cl)c1Cl)c1ccc(F)cc1C(F)(F)F. The normalized spacial score (nSPS) is 11.4. The van der Waals surface area contributed by atoms with Crippen LogP contribution in [0, 0.1) is 5.82 Å². The van der Waals surface area contributed by atoms with Crippen LogP contribution in [0.4, 0.5) is 17.6 Å². The molecule has 0 unspecified atom stereocenters. The van der Waals surface area contributed by atoms with Crippen molar-refractivity contribution in [3.63, 3.8) is 0 Å². The number of halogens is 6. The zero-order valence-electron chi connectivity index (χ0n) is 10.5. The van der Waals surface area contributed by atoms with Crippen molar-refractivity contribution in [2.24, 2.45) is 0 Å². The highest BCUT2D eigenvalue weighted by atomic mass is 35.5. The van der Waals surface area contributed by atoms with Crippen molar-refractivity contribution in [1.29, 1.82) is 0 Å². The Morgan fingerprint density at radius 3 is 2.41 bits per heavy atom. The summed E-state index contributed by atoms with van der Waals surface area (Å²) in [6.07, 6.45) is -4.91. The van der Waals surface area contributed by atoms with Gasteiger partial charge in [0, 0.05) is 0 Å². The molecule has 116 valence electrons. The van der Waals surface area contributed by atoms with E-state index in [2.05, 4.69) is 0 Å². The fraction of sp³-hybridized carbons (Fsp3) is 0.0714. The topological polar surface area (TPSA) is 26.3 Å². The minimum absolute atomic E-state index is 0.0714. The first kappa shape index (κ1) is 16.6. The molecule has 0 aromatic heterocycles. The lowest BCUT2D eigenvalue weighted by atomic mass is 10.1. The van der Waals surface area contributed by atoms with E-state index < -0.39 is 29.1 Å². The summed E-state index contributed by atoms with van der Waals surface area (Å²) in [4.78, 5) is 11.9. The molecule has 2 aromatic carbocycles. The molecule has 0 aliphatic heterocycles. The van der Waals surface area contributed by atoms with E-state index in [0.717, 1.165) is 6.07 Å². The lowest BCUT2D eigenvalue weighted by molar-refractivity contribution is -0.138. The van der Waals surface area contributed by atoms with Crippen molar-refractivity contribution < 1.29 is 27.1 Å². The summed E-state index contributed by atoms with van der Waals surface area (Å²) in [6.45, 7) is 0. The van der Waals surface area contributed by atoms with Crippen molar-refractivity contribution >= 4 is 29.2 Å². The Morgan fingerprint density at radius 1 is 1.09 bits per heavy atom. The van der Waals surface area contributed by atoms with Crippen LogP contribution >= 0.6 is 23.2 Å². The number of alkyl halides is 3. The Bertz CT molecular complexity index is 729. The van der Waals surface area contributed by atoms with Crippen LogP contribution in [-0.4, -0.2) is 5.97 Å². The van der Waals surface area contributed by atoms with Gasteiger partial charge in [-0.3, -0.25) is 0 Å². The third kappa shape index (κ3) is 3.51. The molecule has 8 heteroatoms. The van der Waals surface area contributed by atoms with Gasteiger partial charge in [-0.1, -0.05) is 29.3 Å².